The molecule has 4 aromatic rings. The Labute approximate surface area is 208 Å². The van der Waals surface area contributed by atoms with Crippen LogP contribution in [0, 0.1) is 19.7 Å². The molecule has 0 radical (unpaired) electrons. The number of sulfone groups is 1. The van der Waals surface area contributed by atoms with Gasteiger partial charge in [-0.3, -0.25) is 4.79 Å². The van der Waals surface area contributed by atoms with E-state index in [0.717, 1.165) is 17.3 Å². The fourth-order valence-electron chi connectivity index (χ4n) is 4.08. The van der Waals surface area contributed by atoms with Crippen molar-refractivity contribution in [1.29, 1.82) is 0 Å². The van der Waals surface area contributed by atoms with Crippen LogP contribution in [0.15, 0.2) is 59.6 Å². The van der Waals surface area contributed by atoms with Crippen molar-refractivity contribution in [2.75, 3.05) is 18.7 Å². The molecule has 0 aliphatic rings. The van der Waals surface area contributed by atoms with Gasteiger partial charge in [-0.25, -0.2) is 12.8 Å². The number of fused-ring (bicyclic) bond motifs is 1. The van der Waals surface area contributed by atoms with Crippen molar-refractivity contribution >= 4 is 43.8 Å². The molecule has 35 heavy (non-hydrogen) atoms. The van der Waals surface area contributed by atoms with E-state index in [2.05, 4.69) is 10.3 Å². The summed E-state index contributed by atoms with van der Waals surface area (Å²) in [5, 5.41) is 4.44. The molecular weight excluding hydrogens is 491 g/mol. The number of benzene rings is 3. The fourth-order valence-corrected chi connectivity index (χ4v) is 4.91. The SMILES string of the molecule is COc1cc(NC(C(=O)c2c[nH]c3c(C)c(Cl)ccc23)c2ccc(F)cc2C)cc(S(C)(=O)=O)c1. The Morgan fingerprint density at radius 2 is 1.86 bits per heavy atom. The summed E-state index contributed by atoms with van der Waals surface area (Å²) in [4.78, 5) is 17.1. The van der Waals surface area contributed by atoms with E-state index < -0.39 is 21.7 Å². The molecule has 0 saturated heterocycles. The molecule has 1 aromatic heterocycles. The molecule has 0 amide bonds. The lowest BCUT2D eigenvalue weighted by Gasteiger charge is -2.22. The summed E-state index contributed by atoms with van der Waals surface area (Å²) in [6.07, 6.45) is 2.72. The number of H-pyrrole nitrogens is 1. The number of ether oxygens (including phenoxy) is 1. The van der Waals surface area contributed by atoms with Gasteiger partial charge in [0.15, 0.2) is 15.6 Å². The molecule has 0 aliphatic carbocycles. The second kappa shape index (κ2) is 9.36. The number of carbonyl (C=O) groups is 1. The van der Waals surface area contributed by atoms with Crippen molar-refractivity contribution in [3.05, 3.63) is 87.8 Å². The number of anilines is 1. The van der Waals surface area contributed by atoms with E-state index in [9.17, 15) is 17.6 Å². The Morgan fingerprint density at radius 3 is 2.51 bits per heavy atom. The highest BCUT2D eigenvalue weighted by atomic mass is 35.5. The Hall–Kier alpha value is -3.36. The molecule has 6 nitrogen and oxygen atoms in total. The summed E-state index contributed by atoms with van der Waals surface area (Å²) in [6.45, 7) is 3.57. The number of aryl methyl sites for hydroxylation is 2. The van der Waals surface area contributed by atoms with E-state index in [0.29, 0.717) is 38.5 Å². The fraction of sp³-hybridized carbons (Fsp3) is 0.192. The average Bonchev–Trinajstić information content (AvgIpc) is 3.24. The molecule has 0 fully saturated rings. The van der Waals surface area contributed by atoms with E-state index in [4.69, 9.17) is 16.3 Å². The molecule has 1 heterocycles. The monoisotopic (exact) mass is 514 g/mol. The van der Waals surface area contributed by atoms with Crippen molar-refractivity contribution in [3.63, 3.8) is 0 Å². The molecular formula is C26H24ClFN2O4S. The predicted molar refractivity (Wildman–Crippen MR) is 136 cm³/mol. The average molecular weight is 515 g/mol. The van der Waals surface area contributed by atoms with Crippen LogP contribution in [0.4, 0.5) is 10.1 Å². The van der Waals surface area contributed by atoms with Crippen LogP contribution >= 0.6 is 11.6 Å². The predicted octanol–water partition coefficient (Wildman–Crippen LogP) is 6.03. The first-order valence-corrected chi connectivity index (χ1v) is 13.0. The first-order chi connectivity index (χ1) is 16.5. The van der Waals surface area contributed by atoms with Gasteiger partial charge in [0.2, 0.25) is 0 Å². The van der Waals surface area contributed by atoms with Gasteiger partial charge >= 0.3 is 0 Å². The third kappa shape index (κ3) is 4.90. The van der Waals surface area contributed by atoms with Crippen LogP contribution in [0.5, 0.6) is 5.75 Å². The summed E-state index contributed by atoms with van der Waals surface area (Å²) >= 11 is 6.24. The van der Waals surface area contributed by atoms with Crippen molar-refractivity contribution in [3.8, 4) is 5.75 Å². The van der Waals surface area contributed by atoms with Crippen LogP contribution in [-0.2, 0) is 9.84 Å². The van der Waals surface area contributed by atoms with Crippen molar-refractivity contribution < 1.29 is 22.3 Å². The van der Waals surface area contributed by atoms with Gasteiger partial charge in [-0.2, -0.15) is 0 Å². The van der Waals surface area contributed by atoms with Gasteiger partial charge in [-0.15, -0.1) is 0 Å². The molecule has 0 bridgehead atoms. The zero-order chi connectivity index (χ0) is 25.5. The van der Waals surface area contributed by atoms with Gasteiger partial charge in [0.1, 0.15) is 17.6 Å². The number of nitrogens with one attached hydrogen (secondary N) is 2. The summed E-state index contributed by atoms with van der Waals surface area (Å²) < 4.78 is 43.6. The number of aromatic nitrogens is 1. The molecule has 3 aromatic carbocycles. The molecule has 0 saturated carbocycles. The number of aromatic amines is 1. The lowest BCUT2D eigenvalue weighted by molar-refractivity contribution is 0.0971. The molecule has 4 rings (SSSR count). The minimum Gasteiger partial charge on any atom is -0.497 e. The van der Waals surface area contributed by atoms with Crippen molar-refractivity contribution in [1.82, 2.24) is 4.98 Å². The zero-order valence-corrected chi connectivity index (χ0v) is 21.1. The number of methoxy groups -OCH3 is 1. The van der Waals surface area contributed by atoms with Crippen molar-refractivity contribution in [2.24, 2.45) is 0 Å². The largest absolute Gasteiger partial charge is 0.497 e. The van der Waals surface area contributed by atoms with Crippen LogP contribution in [0.3, 0.4) is 0 Å². The smallest absolute Gasteiger partial charge is 0.191 e. The van der Waals surface area contributed by atoms with E-state index in [1.807, 2.05) is 6.92 Å². The standard InChI is InChI=1S/C26H24ClFN2O4S/c1-14-9-16(28)5-6-20(14)25(30-17-10-18(34-3)12-19(11-17)35(4,32)33)26(31)22-13-29-24-15(2)23(27)8-7-21(22)24/h5-13,25,29-30H,1-4H3. The Bertz CT molecular complexity index is 1560. The van der Waals surface area contributed by atoms with Crippen molar-refractivity contribution in [2.45, 2.75) is 24.8 Å². The Kier molecular flexibility index (Phi) is 6.62. The number of Topliss-reactive ketones (excluding diaryl/α,β-unsaturated/α-hetero) is 1. The lowest BCUT2D eigenvalue weighted by Crippen LogP contribution is -2.22. The highest BCUT2D eigenvalue weighted by Gasteiger charge is 2.27. The maximum absolute atomic E-state index is 13.9. The molecule has 0 spiro atoms. The summed E-state index contributed by atoms with van der Waals surface area (Å²) in [5.41, 5.74) is 3.48. The maximum atomic E-state index is 13.9. The molecule has 0 aliphatic heterocycles. The van der Waals surface area contributed by atoms with Gasteiger partial charge in [0, 0.05) is 40.2 Å². The molecule has 1 unspecified atom stereocenters. The third-order valence-corrected chi connectivity index (χ3v) is 7.48. The number of rotatable bonds is 7. The third-order valence-electron chi connectivity index (χ3n) is 5.98. The van der Waals surface area contributed by atoms with Gasteiger partial charge in [-0.05, 0) is 60.9 Å². The highest BCUT2D eigenvalue weighted by molar-refractivity contribution is 7.90. The van der Waals surface area contributed by atoms with E-state index in [1.54, 1.807) is 37.4 Å². The number of ketones is 1. The minimum absolute atomic E-state index is 0.0405. The minimum atomic E-state index is -3.55. The van der Waals surface area contributed by atoms with E-state index >= 15 is 0 Å². The van der Waals surface area contributed by atoms with E-state index in [1.165, 1.54) is 31.4 Å². The van der Waals surface area contributed by atoms with Gasteiger partial charge in [-0.1, -0.05) is 23.7 Å². The van der Waals surface area contributed by atoms with E-state index in [-0.39, 0.29) is 10.7 Å². The summed E-state index contributed by atoms with van der Waals surface area (Å²) in [7, 11) is -2.12. The summed E-state index contributed by atoms with van der Waals surface area (Å²) in [6, 6.07) is 11.2. The maximum Gasteiger partial charge on any atom is 0.191 e. The zero-order valence-electron chi connectivity index (χ0n) is 19.6. The van der Waals surface area contributed by atoms with Gasteiger partial charge in [0.25, 0.3) is 0 Å². The van der Waals surface area contributed by atoms with Crippen LogP contribution in [0.2, 0.25) is 5.02 Å². The number of hydrogen-bond acceptors (Lipinski definition) is 5. The quantitative estimate of drug-likeness (QED) is 0.294. The topological polar surface area (TPSA) is 88.3 Å². The van der Waals surface area contributed by atoms with Crippen LogP contribution < -0.4 is 10.1 Å². The number of hydrogen-bond donors (Lipinski definition) is 2. The second-order valence-electron chi connectivity index (χ2n) is 8.41. The molecule has 182 valence electrons. The summed E-state index contributed by atoms with van der Waals surface area (Å²) in [5.74, 6) is -0.387. The number of halogens is 2. The normalized spacial score (nSPS) is 12.5. The lowest BCUT2D eigenvalue weighted by atomic mass is 9.93. The second-order valence-corrected chi connectivity index (χ2v) is 10.8. The first-order valence-electron chi connectivity index (χ1n) is 10.7. The Morgan fingerprint density at radius 1 is 1.11 bits per heavy atom. The molecule has 1 atom stereocenters. The highest BCUT2D eigenvalue weighted by Crippen LogP contribution is 2.34. The first kappa shape index (κ1) is 24.8. The van der Waals surface area contributed by atoms with Crippen LogP contribution in [-0.4, -0.2) is 32.6 Å². The van der Waals surface area contributed by atoms with Crippen LogP contribution in [0.25, 0.3) is 10.9 Å². The number of carbonyl (C=O) groups excluding carboxylic acids is 1. The van der Waals surface area contributed by atoms with Gasteiger partial charge in [0.05, 0.1) is 17.5 Å². The van der Waals surface area contributed by atoms with Gasteiger partial charge < -0.3 is 15.0 Å². The molecule has 2 N–H and O–H groups in total. The van der Waals surface area contributed by atoms with Crippen LogP contribution in [0.1, 0.15) is 33.1 Å². The molecule has 9 heteroatoms. The Balaban J connectivity index is 1.86.